The van der Waals surface area contributed by atoms with Crippen molar-refractivity contribution in [2.75, 3.05) is 0 Å². The molecule has 0 aliphatic heterocycles. The van der Waals surface area contributed by atoms with Crippen LogP contribution in [0.5, 0.6) is 0 Å². The third kappa shape index (κ3) is 4.25. The number of hydrogen-bond donors (Lipinski definition) is 1. The summed E-state index contributed by atoms with van der Waals surface area (Å²) in [5.41, 5.74) is 3.04. The minimum Gasteiger partial charge on any atom is -0.348 e. The predicted molar refractivity (Wildman–Crippen MR) is 105 cm³/mol. The number of carbonyl (C=O) groups excluding carboxylic acids is 1. The Hall–Kier alpha value is -2.95. The fourth-order valence-electron chi connectivity index (χ4n) is 3.70. The second-order valence-corrected chi connectivity index (χ2v) is 7.13. The van der Waals surface area contributed by atoms with E-state index >= 15 is 0 Å². The van der Waals surface area contributed by atoms with Crippen LogP contribution in [0, 0.1) is 0 Å². The number of carbonyl (C=O) groups is 1. The van der Waals surface area contributed by atoms with Gasteiger partial charge in [0.15, 0.2) is 0 Å². The Bertz CT molecular complexity index is 864. The minimum absolute atomic E-state index is 0.0520. The topological polar surface area (TPSA) is 59.8 Å². The van der Waals surface area contributed by atoms with Crippen LogP contribution in [0.3, 0.4) is 0 Å². The molecule has 0 atom stereocenters. The standard InChI is InChI=1S/C22H24N4O/c27-22(20-9-7-19(8-10-20)18-4-2-1-3-5-18)25-15-17-6-11-21(24-14-17)26-13-12-23-16-26/h6-14,16,18H,1-5,15H2,(H,25,27). The van der Waals surface area contributed by atoms with Gasteiger partial charge in [-0.25, -0.2) is 9.97 Å². The lowest BCUT2D eigenvalue weighted by Crippen LogP contribution is -2.22. The first-order valence-electron chi connectivity index (χ1n) is 9.61. The molecule has 1 fully saturated rings. The zero-order valence-electron chi connectivity index (χ0n) is 15.3. The van der Waals surface area contributed by atoms with E-state index in [0.717, 1.165) is 11.4 Å². The Balaban J connectivity index is 1.33. The van der Waals surface area contributed by atoms with E-state index in [2.05, 4.69) is 27.4 Å². The van der Waals surface area contributed by atoms with Crippen molar-refractivity contribution in [2.45, 2.75) is 44.6 Å². The molecule has 1 amide bonds. The summed E-state index contributed by atoms with van der Waals surface area (Å²) in [5.74, 6) is 1.42. The number of pyridine rings is 1. The first kappa shape index (κ1) is 17.5. The van der Waals surface area contributed by atoms with Crippen LogP contribution in [0.25, 0.3) is 5.82 Å². The van der Waals surface area contributed by atoms with Gasteiger partial charge in [-0.3, -0.25) is 9.36 Å². The summed E-state index contributed by atoms with van der Waals surface area (Å²) in [6.45, 7) is 0.459. The molecular formula is C22H24N4O. The Morgan fingerprint density at radius 1 is 1.07 bits per heavy atom. The second kappa shape index (κ2) is 8.16. The van der Waals surface area contributed by atoms with Gasteiger partial charge in [0.05, 0.1) is 0 Å². The largest absolute Gasteiger partial charge is 0.348 e. The highest BCUT2D eigenvalue weighted by molar-refractivity contribution is 5.94. The number of benzene rings is 1. The molecule has 1 aromatic carbocycles. The van der Waals surface area contributed by atoms with Crippen molar-refractivity contribution in [2.24, 2.45) is 0 Å². The molecule has 1 saturated carbocycles. The van der Waals surface area contributed by atoms with Crippen molar-refractivity contribution in [1.82, 2.24) is 19.9 Å². The van der Waals surface area contributed by atoms with Crippen LogP contribution < -0.4 is 5.32 Å². The number of imidazole rings is 1. The Labute approximate surface area is 159 Å². The van der Waals surface area contributed by atoms with E-state index in [-0.39, 0.29) is 5.91 Å². The molecule has 1 N–H and O–H groups in total. The molecule has 5 heteroatoms. The normalized spacial score (nSPS) is 14.8. The van der Waals surface area contributed by atoms with Crippen molar-refractivity contribution in [3.05, 3.63) is 78.0 Å². The number of rotatable bonds is 5. The minimum atomic E-state index is -0.0520. The Morgan fingerprint density at radius 2 is 1.89 bits per heavy atom. The molecule has 1 aliphatic carbocycles. The molecule has 2 aromatic heterocycles. The summed E-state index contributed by atoms with van der Waals surface area (Å²) in [6, 6.07) is 12.0. The van der Waals surface area contributed by atoms with Crippen molar-refractivity contribution >= 4 is 5.91 Å². The van der Waals surface area contributed by atoms with Crippen LogP contribution in [0.4, 0.5) is 0 Å². The second-order valence-electron chi connectivity index (χ2n) is 7.13. The van der Waals surface area contributed by atoms with E-state index < -0.39 is 0 Å². The lowest BCUT2D eigenvalue weighted by atomic mass is 9.84. The zero-order chi connectivity index (χ0) is 18.5. The van der Waals surface area contributed by atoms with Gasteiger partial charge in [-0.1, -0.05) is 37.5 Å². The summed E-state index contributed by atoms with van der Waals surface area (Å²) < 4.78 is 1.84. The smallest absolute Gasteiger partial charge is 0.251 e. The maximum atomic E-state index is 12.4. The lowest BCUT2D eigenvalue weighted by molar-refractivity contribution is 0.0951. The van der Waals surface area contributed by atoms with Gasteiger partial charge in [-0.2, -0.15) is 0 Å². The SMILES string of the molecule is O=C(NCc1ccc(-n2ccnc2)nc1)c1ccc(C2CCCCC2)cc1. The van der Waals surface area contributed by atoms with Gasteiger partial charge >= 0.3 is 0 Å². The van der Waals surface area contributed by atoms with Crippen LogP contribution >= 0.6 is 0 Å². The number of nitrogens with zero attached hydrogens (tertiary/aromatic N) is 3. The van der Waals surface area contributed by atoms with E-state index in [9.17, 15) is 4.79 Å². The predicted octanol–water partition coefficient (Wildman–Crippen LogP) is 4.25. The third-order valence-corrected chi connectivity index (χ3v) is 5.28. The third-order valence-electron chi connectivity index (χ3n) is 5.28. The van der Waals surface area contributed by atoms with Crippen LogP contribution in [0.2, 0.25) is 0 Å². The van der Waals surface area contributed by atoms with E-state index in [4.69, 9.17) is 0 Å². The molecule has 3 aromatic rings. The van der Waals surface area contributed by atoms with Crippen molar-refractivity contribution in [3.8, 4) is 5.82 Å². The molecule has 1 aliphatic rings. The Kier molecular flexibility index (Phi) is 5.28. The molecule has 4 rings (SSSR count). The van der Waals surface area contributed by atoms with Gasteiger partial charge in [-0.05, 0) is 48.1 Å². The van der Waals surface area contributed by atoms with E-state index in [1.54, 1.807) is 18.7 Å². The van der Waals surface area contributed by atoms with Gasteiger partial charge in [0.1, 0.15) is 12.1 Å². The number of aromatic nitrogens is 3. The summed E-state index contributed by atoms with van der Waals surface area (Å²) in [7, 11) is 0. The van der Waals surface area contributed by atoms with E-state index in [0.29, 0.717) is 18.0 Å². The summed E-state index contributed by atoms with van der Waals surface area (Å²) in [4.78, 5) is 20.8. The first-order valence-corrected chi connectivity index (χ1v) is 9.61. The summed E-state index contributed by atoms with van der Waals surface area (Å²) in [6.07, 6.45) is 13.6. The first-order chi connectivity index (χ1) is 13.3. The number of nitrogens with one attached hydrogen (secondary N) is 1. The quantitative estimate of drug-likeness (QED) is 0.740. The van der Waals surface area contributed by atoms with Gasteiger partial charge in [0.25, 0.3) is 5.91 Å². The van der Waals surface area contributed by atoms with Gasteiger partial charge in [0.2, 0.25) is 0 Å². The van der Waals surface area contributed by atoms with E-state index in [1.165, 1.54) is 37.7 Å². The molecular weight excluding hydrogens is 336 g/mol. The molecule has 0 spiro atoms. The average Bonchev–Trinajstić information content (AvgIpc) is 3.28. The van der Waals surface area contributed by atoms with Crippen LogP contribution in [-0.4, -0.2) is 20.4 Å². The zero-order valence-corrected chi connectivity index (χ0v) is 15.3. The molecule has 138 valence electrons. The molecule has 5 nitrogen and oxygen atoms in total. The van der Waals surface area contributed by atoms with Crippen molar-refractivity contribution in [3.63, 3.8) is 0 Å². The molecule has 0 radical (unpaired) electrons. The van der Waals surface area contributed by atoms with Gasteiger partial charge in [0, 0.05) is 30.7 Å². The highest BCUT2D eigenvalue weighted by Gasteiger charge is 2.15. The lowest BCUT2D eigenvalue weighted by Gasteiger charge is -2.22. The highest BCUT2D eigenvalue weighted by atomic mass is 16.1. The monoisotopic (exact) mass is 360 g/mol. The molecule has 0 unspecified atom stereocenters. The fourth-order valence-corrected chi connectivity index (χ4v) is 3.70. The molecule has 27 heavy (non-hydrogen) atoms. The maximum absolute atomic E-state index is 12.4. The number of amides is 1. The average molecular weight is 360 g/mol. The van der Waals surface area contributed by atoms with Crippen LogP contribution in [0.1, 0.15) is 59.5 Å². The number of hydrogen-bond acceptors (Lipinski definition) is 3. The molecule has 0 bridgehead atoms. The van der Waals surface area contributed by atoms with Crippen LogP contribution in [-0.2, 0) is 6.54 Å². The van der Waals surface area contributed by atoms with Crippen molar-refractivity contribution < 1.29 is 4.79 Å². The van der Waals surface area contributed by atoms with Gasteiger partial charge in [-0.15, -0.1) is 0 Å². The molecule has 2 heterocycles. The fraction of sp³-hybridized carbons (Fsp3) is 0.318. The van der Waals surface area contributed by atoms with E-state index in [1.807, 2.05) is 35.0 Å². The summed E-state index contributed by atoms with van der Waals surface area (Å²) in [5, 5.41) is 2.97. The Morgan fingerprint density at radius 3 is 2.56 bits per heavy atom. The molecule has 0 saturated heterocycles. The van der Waals surface area contributed by atoms with Crippen molar-refractivity contribution in [1.29, 1.82) is 0 Å². The maximum Gasteiger partial charge on any atom is 0.251 e. The van der Waals surface area contributed by atoms with Crippen LogP contribution in [0.15, 0.2) is 61.3 Å². The summed E-state index contributed by atoms with van der Waals surface area (Å²) >= 11 is 0. The highest BCUT2D eigenvalue weighted by Crippen LogP contribution is 2.32. The van der Waals surface area contributed by atoms with Gasteiger partial charge < -0.3 is 5.32 Å².